The predicted molar refractivity (Wildman–Crippen MR) is 78.8 cm³/mol. The van der Waals surface area contributed by atoms with Crippen LogP contribution < -0.4 is 10.6 Å². The maximum absolute atomic E-state index is 12.6. The van der Waals surface area contributed by atoms with Crippen molar-refractivity contribution in [3.05, 3.63) is 0 Å². The average Bonchev–Trinajstić information content (AvgIpc) is 3.03. The third-order valence-corrected chi connectivity index (χ3v) is 6.04. The summed E-state index contributed by atoms with van der Waals surface area (Å²) in [5.41, 5.74) is -0.818. The number of carbonyl (C=O) groups is 2. The normalized spacial score (nSPS) is 42.5. The van der Waals surface area contributed by atoms with Crippen LogP contribution in [0, 0.1) is 17.3 Å². The number of carboxylic acid groups (broad SMARTS) is 1. The molecule has 5 heteroatoms. The Balaban J connectivity index is 1.67. The van der Waals surface area contributed by atoms with Crippen LogP contribution in [0.3, 0.4) is 0 Å². The van der Waals surface area contributed by atoms with Crippen molar-refractivity contribution in [2.24, 2.45) is 17.3 Å². The molecule has 5 nitrogen and oxygen atoms in total. The lowest BCUT2D eigenvalue weighted by molar-refractivity contribution is -0.152. The Hall–Kier alpha value is -1.10. The number of amides is 1. The fraction of sp³-hybridized carbons (Fsp3) is 0.875. The number of rotatable bonds is 3. The molecule has 3 fully saturated rings. The van der Waals surface area contributed by atoms with Crippen LogP contribution in [-0.2, 0) is 9.59 Å². The molecule has 0 spiro atoms. The van der Waals surface area contributed by atoms with E-state index >= 15 is 0 Å². The summed E-state index contributed by atoms with van der Waals surface area (Å²) in [7, 11) is 0. The Bertz CT molecular complexity index is 439. The van der Waals surface area contributed by atoms with E-state index in [0.29, 0.717) is 18.3 Å². The highest BCUT2D eigenvalue weighted by Crippen LogP contribution is 2.39. The van der Waals surface area contributed by atoms with Gasteiger partial charge < -0.3 is 15.7 Å². The molecule has 118 valence electrons. The molecular formula is C16H26N2O3. The molecule has 1 heterocycles. The van der Waals surface area contributed by atoms with Gasteiger partial charge >= 0.3 is 5.97 Å². The van der Waals surface area contributed by atoms with Crippen LogP contribution in [-0.4, -0.2) is 35.6 Å². The van der Waals surface area contributed by atoms with E-state index < -0.39 is 11.4 Å². The number of carboxylic acids is 1. The van der Waals surface area contributed by atoms with Gasteiger partial charge in [0.05, 0.1) is 11.5 Å². The van der Waals surface area contributed by atoms with Gasteiger partial charge in [-0.25, -0.2) is 0 Å². The lowest BCUT2D eigenvalue weighted by Gasteiger charge is -2.39. The van der Waals surface area contributed by atoms with E-state index in [2.05, 4.69) is 10.6 Å². The Morgan fingerprint density at radius 3 is 2.76 bits per heavy atom. The Kier molecular flexibility index (Phi) is 3.95. The average molecular weight is 294 g/mol. The van der Waals surface area contributed by atoms with Gasteiger partial charge in [-0.05, 0) is 51.0 Å². The van der Waals surface area contributed by atoms with E-state index in [-0.39, 0.29) is 18.0 Å². The standard InChI is InChI=1S/C16H26N2O3/c1-16(15(20)21)8-3-2-7-12(16)18-14(19)13-11-6-4-5-10(11)9-17-13/h10-13,17H,2-9H2,1H3,(H,18,19)(H,20,21). The Morgan fingerprint density at radius 1 is 1.19 bits per heavy atom. The van der Waals surface area contributed by atoms with Gasteiger partial charge in [-0.2, -0.15) is 0 Å². The molecule has 3 aliphatic rings. The van der Waals surface area contributed by atoms with Gasteiger partial charge in [0.25, 0.3) is 0 Å². The summed E-state index contributed by atoms with van der Waals surface area (Å²) >= 11 is 0. The summed E-state index contributed by atoms with van der Waals surface area (Å²) in [4.78, 5) is 24.2. The zero-order valence-electron chi connectivity index (χ0n) is 12.7. The van der Waals surface area contributed by atoms with Crippen molar-refractivity contribution < 1.29 is 14.7 Å². The first-order valence-electron chi connectivity index (χ1n) is 8.29. The molecule has 0 radical (unpaired) electrons. The molecule has 3 N–H and O–H groups in total. The molecule has 1 saturated heterocycles. The van der Waals surface area contributed by atoms with Gasteiger partial charge in [0.2, 0.25) is 5.91 Å². The van der Waals surface area contributed by atoms with Gasteiger partial charge in [-0.15, -0.1) is 0 Å². The number of hydrogen-bond acceptors (Lipinski definition) is 3. The molecule has 0 aromatic heterocycles. The molecule has 2 saturated carbocycles. The third kappa shape index (κ3) is 2.56. The Labute approximate surface area is 125 Å². The number of hydrogen-bond donors (Lipinski definition) is 3. The summed E-state index contributed by atoms with van der Waals surface area (Å²) in [6, 6.07) is -0.351. The zero-order valence-corrected chi connectivity index (χ0v) is 12.7. The van der Waals surface area contributed by atoms with Crippen LogP contribution in [0.25, 0.3) is 0 Å². The number of fused-ring (bicyclic) bond motifs is 1. The minimum Gasteiger partial charge on any atom is -0.481 e. The molecule has 5 atom stereocenters. The van der Waals surface area contributed by atoms with Gasteiger partial charge in [0.15, 0.2) is 0 Å². The van der Waals surface area contributed by atoms with Crippen molar-refractivity contribution in [3.8, 4) is 0 Å². The highest BCUT2D eigenvalue weighted by molar-refractivity contribution is 5.84. The molecule has 0 bridgehead atoms. The summed E-state index contributed by atoms with van der Waals surface area (Å²) < 4.78 is 0. The Morgan fingerprint density at radius 2 is 2.00 bits per heavy atom. The zero-order chi connectivity index (χ0) is 15.0. The fourth-order valence-electron chi connectivity index (χ4n) is 4.56. The maximum atomic E-state index is 12.6. The molecule has 0 aromatic carbocycles. The first-order chi connectivity index (χ1) is 10.0. The molecule has 0 aromatic rings. The van der Waals surface area contributed by atoms with Crippen LogP contribution in [0.1, 0.15) is 51.9 Å². The van der Waals surface area contributed by atoms with Gasteiger partial charge in [0, 0.05) is 6.04 Å². The highest BCUT2D eigenvalue weighted by atomic mass is 16.4. The quantitative estimate of drug-likeness (QED) is 0.737. The van der Waals surface area contributed by atoms with Crippen molar-refractivity contribution in [2.45, 2.75) is 64.0 Å². The molecule has 1 amide bonds. The van der Waals surface area contributed by atoms with E-state index in [0.717, 1.165) is 32.2 Å². The van der Waals surface area contributed by atoms with Gasteiger partial charge in [-0.3, -0.25) is 9.59 Å². The number of carbonyl (C=O) groups excluding carboxylic acids is 1. The topological polar surface area (TPSA) is 78.4 Å². The van der Waals surface area contributed by atoms with E-state index in [1.165, 1.54) is 12.8 Å². The molecule has 1 aliphatic heterocycles. The van der Waals surface area contributed by atoms with Crippen LogP contribution >= 0.6 is 0 Å². The lowest BCUT2D eigenvalue weighted by atomic mass is 9.71. The van der Waals surface area contributed by atoms with Gasteiger partial charge in [-0.1, -0.05) is 19.3 Å². The summed E-state index contributed by atoms with van der Waals surface area (Å²) in [5, 5.41) is 15.9. The van der Waals surface area contributed by atoms with Crippen LogP contribution in [0.5, 0.6) is 0 Å². The molecule has 2 aliphatic carbocycles. The minimum atomic E-state index is -0.818. The van der Waals surface area contributed by atoms with E-state index in [9.17, 15) is 14.7 Å². The van der Waals surface area contributed by atoms with E-state index in [1.54, 1.807) is 6.92 Å². The molecule has 21 heavy (non-hydrogen) atoms. The SMILES string of the molecule is CC1(C(=O)O)CCCCC1NC(=O)C1NCC2CCCC21. The van der Waals surface area contributed by atoms with Crippen molar-refractivity contribution in [1.29, 1.82) is 0 Å². The summed E-state index contributed by atoms with van der Waals surface area (Å²) in [6.07, 6.45) is 6.91. The molecule has 5 unspecified atom stereocenters. The predicted octanol–water partition coefficient (Wildman–Crippen LogP) is 1.52. The van der Waals surface area contributed by atoms with Crippen LogP contribution in [0.2, 0.25) is 0 Å². The third-order valence-electron chi connectivity index (χ3n) is 6.04. The second-order valence-corrected chi connectivity index (χ2v) is 7.27. The molecule has 3 rings (SSSR count). The monoisotopic (exact) mass is 294 g/mol. The second-order valence-electron chi connectivity index (χ2n) is 7.27. The number of nitrogens with one attached hydrogen (secondary N) is 2. The van der Waals surface area contributed by atoms with E-state index in [1.807, 2.05) is 0 Å². The highest BCUT2D eigenvalue weighted by Gasteiger charge is 2.47. The smallest absolute Gasteiger partial charge is 0.311 e. The van der Waals surface area contributed by atoms with Crippen molar-refractivity contribution >= 4 is 11.9 Å². The number of aliphatic carboxylic acids is 1. The van der Waals surface area contributed by atoms with Gasteiger partial charge in [0.1, 0.15) is 0 Å². The van der Waals surface area contributed by atoms with Crippen LogP contribution in [0.15, 0.2) is 0 Å². The van der Waals surface area contributed by atoms with Crippen molar-refractivity contribution in [3.63, 3.8) is 0 Å². The fourth-order valence-corrected chi connectivity index (χ4v) is 4.56. The van der Waals surface area contributed by atoms with E-state index in [4.69, 9.17) is 0 Å². The van der Waals surface area contributed by atoms with Crippen molar-refractivity contribution in [2.75, 3.05) is 6.54 Å². The maximum Gasteiger partial charge on any atom is 0.311 e. The van der Waals surface area contributed by atoms with Crippen molar-refractivity contribution in [1.82, 2.24) is 10.6 Å². The summed E-state index contributed by atoms with van der Waals surface area (Å²) in [6.45, 7) is 2.71. The first-order valence-corrected chi connectivity index (χ1v) is 8.29. The second kappa shape index (κ2) is 5.59. The van der Waals surface area contributed by atoms with Crippen LogP contribution in [0.4, 0.5) is 0 Å². The summed E-state index contributed by atoms with van der Waals surface area (Å²) in [5.74, 6) is 0.317. The molecular weight excluding hydrogens is 268 g/mol. The lowest BCUT2D eigenvalue weighted by Crippen LogP contribution is -2.56. The first kappa shape index (κ1) is 14.8. The minimum absolute atomic E-state index is 0.0174. The largest absolute Gasteiger partial charge is 0.481 e.